The van der Waals surface area contributed by atoms with Crippen molar-refractivity contribution in [1.29, 1.82) is 0 Å². The monoisotopic (exact) mass is 817 g/mol. The van der Waals surface area contributed by atoms with Gasteiger partial charge in [0.15, 0.2) is 5.67 Å². The van der Waals surface area contributed by atoms with E-state index in [0.717, 1.165) is 73.1 Å². The Morgan fingerprint density at radius 2 is 1.62 bits per heavy atom. The molecule has 1 saturated heterocycles. The van der Waals surface area contributed by atoms with E-state index in [2.05, 4.69) is 15.6 Å². The number of ether oxygens (including phenoxy) is 1. The number of likely N-dealkylation sites (tertiary alicyclic amines) is 1. The summed E-state index contributed by atoms with van der Waals surface area (Å²) in [6.07, 6.45) is 7.19. The zero-order valence-electron chi connectivity index (χ0n) is 34.0. The maximum atomic E-state index is 14.6. The highest BCUT2D eigenvalue weighted by Gasteiger charge is 2.53. The van der Waals surface area contributed by atoms with Gasteiger partial charge in [-0.05, 0) is 61.8 Å². The summed E-state index contributed by atoms with van der Waals surface area (Å²) in [5, 5.41) is 16.1. The number of aromatic nitrogens is 1. The van der Waals surface area contributed by atoms with Gasteiger partial charge in [-0.3, -0.25) is 28.9 Å². The first-order chi connectivity index (χ1) is 27.7. The van der Waals surface area contributed by atoms with E-state index in [-0.39, 0.29) is 44.2 Å². The van der Waals surface area contributed by atoms with Crippen molar-refractivity contribution in [2.24, 2.45) is 5.41 Å². The van der Waals surface area contributed by atoms with E-state index in [1.165, 1.54) is 21.1 Å². The molecule has 3 heterocycles. The summed E-state index contributed by atoms with van der Waals surface area (Å²) in [7, 11) is 0. The Kier molecular flexibility index (Phi) is 13.7. The number of β-amino-alcohol motifs (C(OH)–C–C–N with tert-alkyl or cyclic N) is 1. The number of thiazole rings is 1. The number of fused-ring (bicyclic) bond motifs is 1. The molecule has 3 aromatic rings. The SMILES string of the molecule is Cc1ncsc1-c1ccc(CNC(=O)[C@H]2C[C@H](O)CN2C(=O)[C@H](NC(=O)C2(F)CC2)C(C)(C)C)c(OCCCCCCCCCCN2C(=O)c3ccccc3C2=O)c1. The van der Waals surface area contributed by atoms with Gasteiger partial charge in [0.05, 0.1) is 39.9 Å². The molecule has 1 aromatic heterocycles. The molecule has 0 unspecified atom stereocenters. The lowest BCUT2D eigenvalue weighted by Crippen LogP contribution is -2.59. The molecule has 6 rings (SSSR count). The van der Waals surface area contributed by atoms with Crippen molar-refractivity contribution < 1.29 is 38.2 Å². The van der Waals surface area contributed by atoms with Gasteiger partial charge in [-0.25, -0.2) is 9.37 Å². The highest BCUT2D eigenvalue weighted by Crippen LogP contribution is 2.40. The van der Waals surface area contributed by atoms with Crippen LogP contribution >= 0.6 is 11.3 Å². The van der Waals surface area contributed by atoms with E-state index in [1.807, 2.05) is 25.1 Å². The summed E-state index contributed by atoms with van der Waals surface area (Å²) in [5.74, 6) is -1.55. The first-order valence-electron chi connectivity index (χ1n) is 20.6. The number of aliphatic hydroxyl groups excluding tert-OH is 1. The van der Waals surface area contributed by atoms with E-state index >= 15 is 0 Å². The van der Waals surface area contributed by atoms with Crippen molar-refractivity contribution in [2.45, 2.75) is 129 Å². The van der Waals surface area contributed by atoms with Crippen molar-refractivity contribution in [3.05, 3.63) is 70.4 Å². The first-order valence-corrected chi connectivity index (χ1v) is 21.4. The Bertz CT molecular complexity index is 1960. The Morgan fingerprint density at radius 3 is 2.22 bits per heavy atom. The minimum absolute atomic E-state index is 0.0399. The lowest BCUT2D eigenvalue weighted by Gasteiger charge is -2.35. The molecule has 2 fully saturated rings. The summed E-state index contributed by atoms with van der Waals surface area (Å²) in [4.78, 5) is 73.4. The molecule has 3 atom stereocenters. The van der Waals surface area contributed by atoms with Crippen LogP contribution in [0.25, 0.3) is 10.4 Å². The van der Waals surface area contributed by atoms with Crippen molar-refractivity contribution in [3.8, 4) is 16.2 Å². The molecule has 312 valence electrons. The molecule has 5 amide bonds. The van der Waals surface area contributed by atoms with Gasteiger partial charge in [-0.2, -0.15) is 0 Å². The third-order valence-corrected chi connectivity index (χ3v) is 12.3. The highest BCUT2D eigenvalue weighted by molar-refractivity contribution is 7.13. The van der Waals surface area contributed by atoms with Crippen LogP contribution in [0.4, 0.5) is 4.39 Å². The van der Waals surface area contributed by atoms with Gasteiger partial charge >= 0.3 is 0 Å². The highest BCUT2D eigenvalue weighted by atomic mass is 32.1. The summed E-state index contributed by atoms with van der Waals surface area (Å²) in [5.41, 5.74) is 2.68. The fourth-order valence-corrected chi connectivity index (χ4v) is 8.43. The molecule has 3 aliphatic rings. The molecule has 1 saturated carbocycles. The Balaban J connectivity index is 0.973. The van der Waals surface area contributed by atoms with Gasteiger partial charge in [-0.15, -0.1) is 11.3 Å². The fraction of sp³-hybridized carbons (Fsp3) is 0.545. The second kappa shape index (κ2) is 18.5. The number of amides is 5. The number of nitrogens with one attached hydrogen (secondary N) is 2. The smallest absolute Gasteiger partial charge is 0.261 e. The number of carbonyl (C=O) groups is 5. The topological polar surface area (TPSA) is 158 Å². The van der Waals surface area contributed by atoms with Gasteiger partial charge in [0.25, 0.3) is 17.7 Å². The van der Waals surface area contributed by atoms with Crippen molar-refractivity contribution in [1.82, 2.24) is 25.4 Å². The van der Waals surface area contributed by atoms with Crippen LogP contribution in [0, 0.1) is 12.3 Å². The first kappa shape index (κ1) is 42.9. The lowest BCUT2D eigenvalue weighted by atomic mass is 9.85. The number of imide groups is 1. The number of carbonyl (C=O) groups excluding carboxylic acids is 5. The number of benzene rings is 2. The normalized spacial score (nSPS) is 18.9. The molecule has 0 radical (unpaired) electrons. The number of aryl methyl sites for hydroxylation is 1. The van der Waals surface area contributed by atoms with Gasteiger partial charge < -0.3 is 25.4 Å². The third-order valence-electron chi connectivity index (χ3n) is 11.3. The van der Waals surface area contributed by atoms with Crippen LogP contribution in [0.3, 0.4) is 0 Å². The van der Waals surface area contributed by atoms with Crippen LogP contribution < -0.4 is 15.4 Å². The summed E-state index contributed by atoms with van der Waals surface area (Å²) in [6, 6.07) is 10.8. The minimum Gasteiger partial charge on any atom is -0.493 e. The van der Waals surface area contributed by atoms with Crippen LogP contribution in [0.1, 0.15) is 123 Å². The van der Waals surface area contributed by atoms with Gasteiger partial charge in [0.2, 0.25) is 11.8 Å². The molecule has 14 heteroatoms. The fourth-order valence-electron chi connectivity index (χ4n) is 7.63. The Hall–Kier alpha value is -4.69. The average molecular weight is 818 g/mol. The Morgan fingerprint density at radius 1 is 0.983 bits per heavy atom. The van der Waals surface area contributed by atoms with Crippen LogP contribution in [-0.4, -0.2) is 93.0 Å². The maximum absolute atomic E-state index is 14.6. The number of unbranched alkanes of at least 4 members (excludes halogenated alkanes) is 7. The Labute approximate surface area is 343 Å². The number of halogens is 1. The molecule has 2 aromatic carbocycles. The van der Waals surface area contributed by atoms with Crippen LogP contribution in [0.15, 0.2) is 48.0 Å². The zero-order chi connectivity index (χ0) is 41.6. The molecule has 1 aliphatic carbocycles. The summed E-state index contributed by atoms with van der Waals surface area (Å²) >= 11 is 1.54. The molecule has 3 N–H and O–H groups in total. The van der Waals surface area contributed by atoms with E-state index in [1.54, 1.807) is 50.5 Å². The molecule has 12 nitrogen and oxygen atoms in total. The van der Waals surface area contributed by atoms with Crippen LogP contribution in [-0.2, 0) is 20.9 Å². The van der Waals surface area contributed by atoms with Crippen LogP contribution in [0.5, 0.6) is 5.75 Å². The standard InChI is InChI=1S/C44H56FN5O7S/c1-28-36(58-27-47-28)29-17-18-30(25-46-38(52)34-24-31(51)26-50(34)41(55)37(43(2,3)4)48-42(56)44(45)19-20-44)35(23-29)57-22-14-10-8-6-5-7-9-13-21-49-39(53)32-15-11-12-16-33(32)40(49)54/h11-12,15-18,23,27,31,34,37,51H,5-10,13-14,19-22,24-26H2,1-4H3,(H,46,52)(H,48,56)/t31-,34+,37-/m0/s1. The molecular formula is C44H56FN5O7S. The van der Waals surface area contributed by atoms with E-state index in [9.17, 15) is 33.5 Å². The van der Waals surface area contributed by atoms with E-state index in [0.29, 0.717) is 30.0 Å². The summed E-state index contributed by atoms with van der Waals surface area (Å²) < 4.78 is 20.9. The molecule has 0 spiro atoms. The quantitative estimate of drug-likeness (QED) is 0.0911. The largest absolute Gasteiger partial charge is 0.493 e. The molecule has 0 bridgehead atoms. The van der Waals surface area contributed by atoms with E-state index < -0.39 is 47.0 Å². The predicted octanol–water partition coefficient (Wildman–Crippen LogP) is 6.53. The number of aliphatic hydroxyl groups is 1. The number of hydrogen-bond donors (Lipinski definition) is 3. The number of rotatable bonds is 19. The second-order valence-corrected chi connectivity index (χ2v) is 17.8. The molecule has 2 aliphatic heterocycles. The number of hydrogen-bond acceptors (Lipinski definition) is 9. The van der Waals surface area contributed by atoms with Gasteiger partial charge in [0.1, 0.15) is 17.8 Å². The lowest BCUT2D eigenvalue weighted by molar-refractivity contribution is -0.145. The average Bonchev–Trinajstić information content (AvgIpc) is 3.48. The second-order valence-electron chi connectivity index (χ2n) is 16.9. The van der Waals surface area contributed by atoms with Crippen molar-refractivity contribution in [2.75, 3.05) is 19.7 Å². The van der Waals surface area contributed by atoms with Crippen molar-refractivity contribution >= 4 is 40.9 Å². The predicted molar refractivity (Wildman–Crippen MR) is 219 cm³/mol. The summed E-state index contributed by atoms with van der Waals surface area (Å²) in [6.45, 7) is 8.24. The molecule has 58 heavy (non-hydrogen) atoms. The van der Waals surface area contributed by atoms with Gasteiger partial charge in [-0.1, -0.05) is 83.6 Å². The van der Waals surface area contributed by atoms with Crippen molar-refractivity contribution in [3.63, 3.8) is 0 Å². The maximum Gasteiger partial charge on any atom is 0.261 e. The molecular weight excluding hydrogens is 762 g/mol. The van der Waals surface area contributed by atoms with Gasteiger partial charge in [0, 0.05) is 31.6 Å². The number of alkyl halides is 1. The third kappa shape index (κ3) is 10.1. The number of nitrogens with zero attached hydrogens (tertiary/aromatic N) is 3. The minimum atomic E-state index is -1.96. The zero-order valence-corrected chi connectivity index (χ0v) is 34.8. The van der Waals surface area contributed by atoms with E-state index in [4.69, 9.17) is 4.74 Å². The van der Waals surface area contributed by atoms with Crippen LogP contribution in [0.2, 0.25) is 0 Å².